The largest absolute Gasteiger partial charge is 0.444 e. The summed E-state index contributed by atoms with van der Waals surface area (Å²) in [6, 6.07) is 0. The summed E-state index contributed by atoms with van der Waals surface area (Å²) in [4.78, 5) is 23.2. The molecule has 0 radical (unpaired) electrons. The molecule has 120 valence electrons. The number of alkyl carbamates (subject to hydrolysis) is 1. The van der Waals surface area contributed by atoms with E-state index in [-0.39, 0.29) is 13.2 Å². The highest BCUT2D eigenvalue weighted by Gasteiger charge is 2.47. The van der Waals surface area contributed by atoms with E-state index in [1.807, 2.05) is 0 Å². The highest BCUT2D eigenvalue weighted by atomic mass is 16.7. The lowest BCUT2D eigenvalue weighted by Gasteiger charge is -2.45. The zero-order valence-corrected chi connectivity index (χ0v) is 12.8. The Morgan fingerprint density at radius 2 is 1.76 bits per heavy atom. The average molecular weight is 301 g/mol. The fourth-order valence-corrected chi connectivity index (χ4v) is 2.25. The maximum atomic E-state index is 11.8. The topological polar surface area (TPSA) is 83.1 Å². The predicted molar refractivity (Wildman–Crippen MR) is 72.9 cm³/mol. The molecule has 0 aliphatic carbocycles. The van der Waals surface area contributed by atoms with Gasteiger partial charge in [-0.25, -0.2) is 4.79 Å². The van der Waals surface area contributed by atoms with Crippen LogP contribution in [0.4, 0.5) is 4.79 Å². The molecule has 2 aliphatic rings. The Labute approximate surface area is 124 Å². The van der Waals surface area contributed by atoms with Gasteiger partial charge in [0.25, 0.3) is 0 Å². The first-order chi connectivity index (χ1) is 9.78. The number of carbonyl (C=O) groups is 2. The number of nitrogens with one attached hydrogen (secondary N) is 1. The molecule has 0 aromatic rings. The number of amides is 1. The second kappa shape index (κ2) is 5.90. The van der Waals surface area contributed by atoms with Crippen molar-refractivity contribution in [2.75, 3.05) is 26.4 Å². The maximum absolute atomic E-state index is 11.8. The van der Waals surface area contributed by atoms with Crippen molar-refractivity contribution >= 4 is 12.4 Å². The summed E-state index contributed by atoms with van der Waals surface area (Å²) < 4.78 is 21.9. The average Bonchev–Trinajstić information content (AvgIpc) is 2.41. The summed E-state index contributed by atoms with van der Waals surface area (Å²) in [5, 5.41) is 2.55. The summed E-state index contributed by atoms with van der Waals surface area (Å²) in [5.74, 6) is -0.694. The molecule has 2 aliphatic heterocycles. The molecule has 1 spiro atoms. The summed E-state index contributed by atoms with van der Waals surface area (Å²) in [6.45, 7) is 6.52. The van der Waals surface area contributed by atoms with Gasteiger partial charge in [0.05, 0.1) is 26.4 Å². The Balaban J connectivity index is 1.94. The monoisotopic (exact) mass is 301 g/mol. The lowest BCUT2D eigenvalue weighted by atomic mass is 9.99. The Hall–Kier alpha value is -1.18. The molecular weight excluding hydrogens is 278 g/mol. The van der Waals surface area contributed by atoms with Crippen LogP contribution in [-0.2, 0) is 23.7 Å². The molecule has 0 unspecified atom stereocenters. The third-order valence-electron chi connectivity index (χ3n) is 3.42. The number of hydrogen-bond donors (Lipinski definition) is 1. The number of hydrogen-bond acceptors (Lipinski definition) is 6. The van der Waals surface area contributed by atoms with Crippen molar-refractivity contribution in [1.82, 2.24) is 5.32 Å². The van der Waals surface area contributed by atoms with Crippen molar-refractivity contribution in [1.29, 1.82) is 0 Å². The summed E-state index contributed by atoms with van der Waals surface area (Å²) >= 11 is 0. The molecule has 7 heteroatoms. The van der Waals surface area contributed by atoms with Crippen LogP contribution in [-0.4, -0.2) is 55.7 Å². The van der Waals surface area contributed by atoms with E-state index in [0.717, 1.165) is 0 Å². The van der Waals surface area contributed by atoms with Gasteiger partial charge >= 0.3 is 6.09 Å². The second-order valence-corrected chi connectivity index (χ2v) is 6.50. The van der Waals surface area contributed by atoms with E-state index >= 15 is 0 Å². The van der Waals surface area contributed by atoms with Crippen LogP contribution in [0, 0.1) is 0 Å². The SMILES string of the molecule is CC(C)(C)OC(=O)NC1(C=O)COC2(CCOCC2)OC1. The van der Waals surface area contributed by atoms with E-state index in [2.05, 4.69) is 5.32 Å². The van der Waals surface area contributed by atoms with Gasteiger partial charge in [-0.3, -0.25) is 0 Å². The van der Waals surface area contributed by atoms with Crippen LogP contribution in [0.3, 0.4) is 0 Å². The molecule has 2 rings (SSSR count). The molecule has 1 amide bonds. The first kappa shape index (κ1) is 16.2. The molecule has 21 heavy (non-hydrogen) atoms. The van der Waals surface area contributed by atoms with Gasteiger partial charge in [-0.2, -0.15) is 0 Å². The van der Waals surface area contributed by atoms with Crippen LogP contribution < -0.4 is 5.32 Å². The minimum Gasteiger partial charge on any atom is -0.444 e. The van der Waals surface area contributed by atoms with Gasteiger partial charge in [0.2, 0.25) is 0 Å². The summed E-state index contributed by atoms with van der Waals surface area (Å²) in [5.41, 5.74) is -1.83. The molecule has 7 nitrogen and oxygen atoms in total. The van der Waals surface area contributed by atoms with Crippen LogP contribution in [0.2, 0.25) is 0 Å². The Morgan fingerprint density at radius 1 is 1.19 bits per heavy atom. The highest BCUT2D eigenvalue weighted by molar-refractivity contribution is 5.77. The van der Waals surface area contributed by atoms with Crippen LogP contribution in [0.15, 0.2) is 0 Å². The zero-order valence-electron chi connectivity index (χ0n) is 12.8. The summed E-state index contributed by atoms with van der Waals surface area (Å²) in [6.07, 6.45) is 1.22. The summed E-state index contributed by atoms with van der Waals surface area (Å²) in [7, 11) is 0. The van der Waals surface area contributed by atoms with Gasteiger partial charge < -0.3 is 29.1 Å². The van der Waals surface area contributed by atoms with Gasteiger partial charge in [0.15, 0.2) is 5.79 Å². The molecular formula is C14H23NO6. The molecule has 2 heterocycles. The van der Waals surface area contributed by atoms with Crippen molar-refractivity contribution in [3.8, 4) is 0 Å². The minimum atomic E-state index is -1.20. The van der Waals surface area contributed by atoms with Crippen molar-refractivity contribution in [3.63, 3.8) is 0 Å². The normalized spacial score (nSPS) is 24.3. The lowest BCUT2D eigenvalue weighted by Crippen LogP contribution is -2.64. The first-order valence-electron chi connectivity index (χ1n) is 7.11. The Kier molecular flexibility index (Phi) is 4.55. The number of rotatable bonds is 2. The molecule has 0 aromatic heterocycles. The van der Waals surface area contributed by atoms with Gasteiger partial charge in [-0.15, -0.1) is 0 Å². The van der Waals surface area contributed by atoms with Crippen LogP contribution in [0.25, 0.3) is 0 Å². The van der Waals surface area contributed by atoms with E-state index in [9.17, 15) is 9.59 Å². The first-order valence-corrected chi connectivity index (χ1v) is 7.11. The Bertz CT molecular complexity index is 387. The quantitative estimate of drug-likeness (QED) is 0.766. The molecule has 0 atom stereocenters. The van der Waals surface area contributed by atoms with Crippen molar-refractivity contribution in [2.45, 2.75) is 50.5 Å². The number of aldehydes is 1. The van der Waals surface area contributed by atoms with Crippen molar-refractivity contribution < 1.29 is 28.5 Å². The van der Waals surface area contributed by atoms with E-state index in [0.29, 0.717) is 32.3 Å². The minimum absolute atomic E-state index is 0.0652. The third kappa shape index (κ3) is 4.15. The number of carbonyl (C=O) groups excluding carboxylic acids is 2. The Morgan fingerprint density at radius 3 is 2.24 bits per heavy atom. The number of ether oxygens (including phenoxy) is 4. The van der Waals surface area contributed by atoms with Crippen molar-refractivity contribution in [2.24, 2.45) is 0 Å². The highest BCUT2D eigenvalue weighted by Crippen LogP contribution is 2.32. The van der Waals surface area contributed by atoms with E-state index in [1.165, 1.54) is 0 Å². The molecule has 0 saturated carbocycles. The smallest absolute Gasteiger partial charge is 0.408 e. The van der Waals surface area contributed by atoms with Crippen molar-refractivity contribution in [3.05, 3.63) is 0 Å². The molecule has 2 saturated heterocycles. The molecule has 0 bridgehead atoms. The zero-order chi connectivity index (χ0) is 15.6. The van der Waals surface area contributed by atoms with Crippen LogP contribution in [0.1, 0.15) is 33.6 Å². The van der Waals surface area contributed by atoms with Gasteiger partial charge in [0, 0.05) is 12.8 Å². The van der Waals surface area contributed by atoms with Gasteiger partial charge in [0.1, 0.15) is 17.4 Å². The lowest BCUT2D eigenvalue weighted by molar-refractivity contribution is -0.308. The molecule has 2 fully saturated rings. The second-order valence-electron chi connectivity index (χ2n) is 6.50. The molecule has 0 aromatic carbocycles. The van der Waals surface area contributed by atoms with Crippen LogP contribution in [0.5, 0.6) is 0 Å². The fourth-order valence-electron chi connectivity index (χ4n) is 2.25. The van der Waals surface area contributed by atoms with Crippen LogP contribution >= 0.6 is 0 Å². The van der Waals surface area contributed by atoms with Gasteiger partial charge in [-0.05, 0) is 20.8 Å². The maximum Gasteiger partial charge on any atom is 0.408 e. The van der Waals surface area contributed by atoms with E-state index in [4.69, 9.17) is 18.9 Å². The van der Waals surface area contributed by atoms with Gasteiger partial charge in [-0.1, -0.05) is 0 Å². The predicted octanol–water partition coefficient (Wildman–Crippen LogP) is 1.00. The fraction of sp³-hybridized carbons (Fsp3) is 0.857. The van der Waals surface area contributed by atoms with E-state index in [1.54, 1.807) is 20.8 Å². The third-order valence-corrected chi connectivity index (χ3v) is 3.42. The molecule has 1 N–H and O–H groups in total. The van der Waals surface area contributed by atoms with E-state index < -0.39 is 23.0 Å². The standard InChI is InChI=1S/C14H23NO6/c1-12(2,3)21-11(17)15-13(8-16)9-19-14(20-10-13)4-6-18-7-5-14/h8H,4-7,9-10H2,1-3H3,(H,15,17).